The third-order valence-corrected chi connectivity index (χ3v) is 6.35. The summed E-state index contributed by atoms with van der Waals surface area (Å²) >= 11 is 1.57. The van der Waals surface area contributed by atoms with Gasteiger partial charge in [0.2, 0.25) is 5.95 Å². The van der Waals surface area contributed by atoms with Crippen LogP contribution in [-0.4, -0.2) is 40.2 Å². The van der Waals surface area contributed by atoms with E-state index in [2.05, 4.69) is 52.6 Å². The Morgan fingerprint density at radius 3 is 2.67 bits per heavy atom. The Morgan fingerprint density at radius 1 is 1.22 bits per heavy atom. The van der Waals surface area contributed by atoms with Crippen LogP contribution >= 0.6 is 11.8 Å². The van der Waals surface area contributed by atoms with E-state index in [1.54, 1.807) is 18.8 Å². The molecular formula is C20H23N5OS. The van der Waals surface area contributed by atoms with Gasteiger partial charge in [-0.2, -0.15) is 0 Å². The first-order valence-electron chi connectivity index (χ1n) is 9.02. The van der Waals surface area contributed by atoms with E-state index >= 15 is 0 Å². The zero-order valence-electron chi connectivity index (χ0n) is 16.0. The maximum atomic E-state index is 12.2. The number of aromatic nitrogens is 2. The van der Waals surface area contributed by atoms with Crippen LogP contribution in [0.3, 0.4) is 0 Å². The number of allylic oxidation sites excluding steroid dienone is 1. The standard InChI is InChI=1S/C20H23N5OS/c1-11-7-12(2)9-14(8-11)23-20-22-10-13-5-6-15-17(16(13)24-20)27-19(25(15)4)18(26)21-3/h7-10,19H,5-6H2,1-4H3,(H,21,26)(H,22,23,24). The summed E-state index contributed by atoms with van der Waals surface area (Å²) < 4.78 is 0. The highest BCUT2D eigenvalue weighted by atomic mass is 32.2. The Bertz CT molecular complexity index is 935. The number of carbonyl (C=O) groups excluding carboxylic acids is 1. The van der Waals surface area contributed by atoms with Crippen molar-refractivity contribution in [3.05, 3.63) is 52.5 Å². The molecule has 0 saturated carbocycles. The minimum Gasteiger partial charge on any atom is -0.357 e. The summed E-state index contributed by atoms with van der Waals surface area (Å²) in [5.74, 6) is 0.597. The number of hydrogen-bond acceptors (Lipinski definition) is 6. The normalized spacial score (nSPS) is 18.2. The van der Waals surface area contributed by atoms with Gasteiger partial charge in [0, 0.05) is 31.7 Å². The number of carbonyl (C=O) groups is 1. The fourth-order valence-electron chi connectivity index (χ4n) is 3.67. The van der Waals surface area contributed by atoms with Gasteiger partial charge in [0.25, 0.3) is 5.91 Å². The van der Waals surface area contributed by atoms with Crippen molar-refractivity contribution in [2.24, 2.45) is 0 Å². The van der Waals surface area contributed by atoms with Gasteiger partial charge in [-0.15, -0.1) is 0 Å². The number of hydrogen-bond donors (Lipinski definition) is 2. The quantitative estimate of drug-likeness (QED) is 0.851. The fraction of sp³-hybridized carbons (Fsp3) is 0.350. The van der Waals surface area contributed by atoms with E-state index in [-0.39, 0.29) is 11.3 Å². The first-order chi connectivity index (χ1) is 13.0. The number of benzene rings is 1. The number of aryl methyl sites for hydroxylation is 3. The third kappa shape index (κ3) is 3.27. The molecule has 1 atom stereocenters. The molecule has 0 bridgehead atoms. The van der Waals surface area contributed by atoms with E-state index < -0.39 is 0 Å². The van der Waals surface area contributed by atoms with Gasteiger partial charge in [-0.05, 0) is 55.5 Å². The van der Waals surface area contributed by atoms with Gasteiger partial charge >= 0.3 is 0 Å². The lowest BCUT2D eigenvalue weighted by molar-refractivity contribution is -0.122. The van der Waals surface area contributed by atoms with Crippen LogP contribution in [0.5, 0.6) is 0 Å². The van der Waals surface area contributed by atoms with E-state index in [0.717, 1.165) is 34.7 Å². The van der Waals surface area contributed by atoms with Crippen LogP contribution in [0.1, 0.15) is 28.8 Å². The van der Waals surface area contributed by atoms with E-state index in [0.29, 0.717) is 5.95 Å². The average molecular weight is 382 g/mol. The Kier molecular flexibility index (Phi) is 4.55. The molecule has 1 unspecified atom stereocenters. The fourth-order valence-corrected chi connectivity index (χ4v) is 5.08. The highest BCUT2D eigenvalue weighted by Gasteiger charge is 2.38. The Labute approximate surface area is 163 Å². The Hall–Kier alpha value is -2.54. The Balaban J connectivity index is 1.66. The number of likely N-dealkylation sites (N-methyl/N-ethyl adjacent to an activating group) is 2. The number of fused-ring (bicyclic) bond motifs is 2. The van der Waals surface area contributed by atoms with Crippen molar-refractivity contribution < 1.29 is 4.79 Å². The van der Waals surface area contributed by atoms with Crippen LogP contribution in [0, 0.1) is 13.8 Å². The molecule has 6 nitrogen and oxygen atoms in total. The first-order valence-corrected chi connectivity index (χ1v) is 9.90. The number of nitrogens with zero attached hydrogens (tertiary/aromatic N) is 3. The molecule has 2 aromatic rings. The van der Waals surface area contributed by atoms with Gasteiger partial charge in [0.15, 0.2) is 5.37 Å². The molecule has 27 heavy (non-hydrogen) atoms. The van der Waals surface area contributed by atoms with Crippen molar-refractivity contribution >= 4 is 34.2 Å². The zero-order chi connectivity index (χ0) is 19.1. The van der Waals surface area contributed by atoms with Gasteiger partial charge in [-0.1, -0.05) is 17.8 Å². The SMILES string of the molecule is CNC(=O)C1SC2=C(CCc3cnc(Nc4cc(C)cc(C)c4)nc32)N1C. The second kappa shape index (κ2) is 6.88. The summed E-state index contributed by atoms with van der Waals surface area (Å²) in [5, 5.41) is 5.84. The molecule has 2 aliphatic rings. The molecule has 0 fully saturated rings. The smallest absolute Gasteiger partial charge is 0.253 e. The maximum Gasteiger partial charge on any atom is 0.253 e. The molecule has 140 valence electrons. The van der Waals surface area contributed by atoms with Gasteiger partial charge < -0.3 is 15.5 Å². The van der Waals surface area contributed by atoms with Crippen LogP contribution in [-0.2, 0) is 11.2 Å². The first kappa shape index (κ1) is 17.9. The van der Waals surface area contributed by atoms with Gasteiger partial charge in [0.1, 0.15) is 0 Å². The number of amides is 1. The summed E-state index contributed by atoms with van der Waals surface area (Å²) in [7, 11) is 3.66. The summed E-state index contributed by atoms with van der Waals surface area (Å²) in [6.45, 7) is 4.15. The van der Waals surface area contributed by atoms with E-state index in [4.69, 9.17) is 4.98 Å². The van der Waals surface area contributed by atoms with Crippen LogP contribution < -0.4 is 10.6 Å². The monoisotopic (exact) mass is 381 g/mol. The van der Waals surface area contributed by atoms with E-state index in [9.17, 15) is 4.79 Å². The highest BCUT2D eigenvalue weighted by molar-refractivity contribution is 8.09. The highest BCUT2D eigenvalue weighted by Crippen LogP contribution is 2.48. The van der Waals surface area contributed by atoms with Crippen molar-refractivity contribution in [3.63, 3.8) is 0 Å². The summed E-state index contributed by atoms with van der Waals surface area (Å²) in [4.78, 5) is 24.7. The molecule has 0 radical (unpaired) electrons. The molecular weight excluding hydrogens is 358 g/mol. The predicted molar refractivity (Wildman–Crippen MR) is 110 cm³/mol. The minimum absolute atomic E-state index is 0.0149. The second-order valence-corrected chi connectivity index (χ2v) is 8.13. The lowest BCUT2D eigenvalue weighted by Gasteiger charge is -2.24. The lowest BCUT2D eigenvalue weighted by atomic mass is 10.0. The van der Waals surface area contributed by atoms with Crippen LogP contribution in [0.15, 0.2) is 30.1 Å². The summed E-state index contributed by atoms with van der Waals surface area (Å²) in [5.41, 5.74) is 6.65. The van der Waals surface area contributed by atoms with Crippen molar-refractivity contribution in [3.8, 4) is 0 Å². The van der Waals surface area contributed by atoms with Crippen LogP contribution in [0.4, 0.5) is 11.6 Å². The summed E-state index contributed by atoms with van der Waals surface area (Å²) in [6.07, 6.45) is 3.71. The molecule has 2 N–H and O–H groups in total. The number of anilines is 2. The molecule has 4 rings (SSSR count). The van der Waals surface area contributed by atoms with E-state index in [1.165, 1.54) is 16.8 Å². The third-order valence-electron chi connectivity index (χ3n) is 4.93. The number of nitrogens with one attached hydrogen (secondary N) is 2. The van der Waals surface area contributed by atoms with E-state index in [1.807, 2.05) is 13.2 Å². The van der Waals surface area contributed by atoms with Crippen LogP contribution in [0.25, 0.3) is 4.91 Å². The zero-order valence-corrected chi connectivity index (χ0v) is 16.8. The van der Waals surface area contributed by atoms with Gasteiger partial charge in [-0.3, -0.25) is 4.79 Å². The molecule has 1 aliphatic carbocycles. The second-order valence-electron chi connectivity index (χ2n) is 7.04. The van der Waals surface area contributed by atoms with Crippen molar-refractivity contribution in [2.75, 3.05) is 19.4 Å². The molecule has 1 aromatic heterocycles. The van der Waals surface area contributed by atoms with Crippen molar-refractivity contribution in [1.82, 2.24) is 20.2 Å². The molecule has 1 aliphatic heterocycles. The topological polar surface area (TPSA) is 70.1 Å². The summed E-state index contributed by atoms with van der Waals surface area (Å²) in [6, 6.07) is 6.31. The molecule has 1 aromatic carbocycles. The molecule has 2 heterocycles. The molecule has 1 amide bonds. The van der Waals surface area contributed by atoms with Crippen molar-refractivity contribution in [1.29, 1.82) is 0 Å². The maximum absolute atomic E-state index is 12.2. The lowest BCUT2D eigenvalue weighted by Crippen LogP contribution is -2.38. The van der Waals surface area contributed by atoms with Gasteiger partial charge in [-0.25, -0.2) is 9.97 Å². The minimum atomic E-state index is -0.239. The predicted octanol–water partition coefficient (Wildman–Crippen LogP) is 3.20. The van der Waals surface area contributed by atoms with Crippen molar-refractivity contribution in [2.45, 2.75) is 32.1 Å². The van der Waals surface area contributed by atoms with Crippen LogP contribution in [0.2, 0.25) is 0 Å². The largest absolute Gasteiger partial charge is 0.357 e. The van der Waals surface area contributed by atoms with Gasteiger partial charge in [0.05, 0.1) is 10.6 Å². The molecule has 0 spiro atoms. The number of thioether (sulfide) groups is 1. The number of rotatable bonds is 3. The molecule has 0 saturated heterocycles. The Morgan fingerprint density at radius 2 is 1.96 bits per heavy atom. The average Bonchev–Trinajstić information content (AvgIpc) is 2.97. The molecule has 7 heteroatoms.